The van der Waals surface area contributed by atoms with E-state index >= 15 is 0 Å². The summed E-state index contributed by atoms with van der Waals surface area (Å²) in [4.78, 5) is 0. The number of phenolic OH excluding ortho intramolecular Hbond substituents is 1. The number of ether oxygens (including phenoxy) is 1. The van der Waals surface area contributed by atoms with Crippen molar-refractivity contribution in [3.8, 4) is 11.5 Å². The zero-order chi connectivity index (χ0) is 9.14. The minimum Gasteiger partial charge on any atom is -0.502 e. The zero-order valence-corrected chi connectivity index (χ0v) is 7.10. The Bertz CT molecular complexity index is 284. The lowest BCUT2D eigenvalue weighted by atomic mass is 10.2. The van der Waals surface area contributed by atoms with Crippen LogP contribution in [0.5, 0.6) is 11.5 Å². The van der Waals surface area contributed by atoms with Gasteiger partial charge in [0.05, 0.1) is 6.61 Å². The van der Waals surface area contributed by atoms with Crippen LogP contribution in [0.15, 0.2) is 12.1 Å². The molecule has 0 bridgehead atoms. The van der Waals surface area contributed by atoms with Crippen molar-refractivity contribution >= 4 is 0 Å². The molecular formula is C9H11FO2. The Morgan fingerprint density at radius 3 is 2.75 bits per heavy atom. The van der Waals surface area contributed by atoms with Crippen LogP contribution in [0.4, 0.5) is 4.39 Å². The monoisotopic (exact) mass is 170 g/mol. The molecule has 1 aromatic carbocycles. The topological polar surface area (TPSA) is 29.5 Å². The second kappa shape index (κ2) is 3.43. The molecular weight excluding hydrogens is 159 g/mol. The second-order valence-electron chi connectivity index (χ2n) is 2.53. The SMILES string of the molecule is CCOc1cc(C)cc(F)c1O. The van der Waals surface area contributed by atoms with Crippen LogP contribution in [0.25, 0.3) is 0 Å². The maximum atomic E-state index is 12.8. The smallest absolute Gasteiger partial charge is 0.194 e. The summed E-state index contributed by atoms with van der Waals surface area (Å²) < 4.78 is 17.8. The van der Waals surface area contributed by atoms with Crippen LogP contribution in [-0.4, -0.2) is 11.7 Å². The normalized spacial score (nSPS) is 9.92. The van der Waals surface area contributed by atoms with Crippen molar-refractivity contribution in [2.45, 2.75) is 13.8 Å². The van der Waals surface area contributed by atoms with Gasteiger partial charge in [-0.15, -0.1) is 0 Å². The molecule has 0 amide bonds. The predicted molar refractivity (Wildman–Crippen MR) is 44.0 cm³/mol. The number of hydrogen-bond acceptors (Lipinski definition) is 2. The first kappa shape index (κ1) is 8.84. The maximum absolute atomic E-state index is 12.8. The minimum atomic E-state index is -0.640. The van der Waals surface area contributed by atoms with Crippen LogP contribution in [0, 0.1) is 12.7 Å². The Balaban J connectivity index is 3.09. The van der Waals surface area contributed by atoms with E-state index in [9.17, 15) is 4.39 Å². The molecule has 0 radical (unpaired) electrons. The first-order valence-electron chi connectivity index (χ1n) is 3.77. The van der Waals surface area contributed by atoms with Gasteiger partial charge in [-0.2, -0.15) is 0 Å². The van der Waals surface area contributed by atoms with E-state index in [-0.39, 0.29) is 5.75 Å². The molecule has 0 spiro atoms. The predicted octanol–water partition coefficient (Wildman–Crippen LogP) is 2.24. The summed E-state index contributed by atoms with van der Waals surface area (Å²) in [5.41, 5.74) is 0.730. The number of benzene rings is 1. The molecule has 1 rings (SSSR count). The molecule has 0 saturated carbocycles. The van der Waals surface area contributed by atoms with E-state index in [1.165, 1.54) is 6.07 Å². The van der Waals surface area contributed by atoms with Gasteiger partial charge >= 0.3 is 0 Å². The molecule has 12 heavy (non-hydrogen) atoms. The van der Waals surface area contributed by atoms with E-state index in [0.717, 1.165) is 5.56 Å². The van der Waals surface area contributed by atoms with Gasteiger partial charge in [-0.25, -0.2) is 4.39 Å². The number of phenols is 1. The largest absolute Gasteiger partial charge is 0.502 e. The lowest BCUT2D eigenvalue weighted by Gasteiger charge is -2.06. The number of hydrogen-bond donors (Lipinski definition) is 1. The summed E-state index contributed by atoms with van der Waals surface area (Å²) in [6, 6.07) is 2.86. The summed E-state index contributed by atoms with van der Waals surface area (Å²) in [6.45, 7) is 3.93. The number of halogens is 1. The third-order valence-corrected chi connectivity index (χ3v) is 1.47. The van der Waals surface area contributed by atoms with Gasteiger partial charge in [0, 0.05) is 0 Å². The molecule has 0 heterocycles. The molecule has 0 aliphatic heterocycles. The Labute approximate surface area is 70.6 Å². The van der Waals surface area contributed by atoms with E-state index in [0.29, 0.717) is 6.61 Å². The van der Waals surface area contributed by atoms with Gasteiger partial charge in [0.25, 0.3) is 0 Å². The second-order valence-corrected chi connectivity index (χ2v) is 2.53. The van der Waals surface area contributed by atoms with Crippen LogP contribution in [0.1, 0.15) is 12.5 Å². The summed E-state index contributed by atoms with van der Waals surface area (Å²) in [5.74, 6) is -0.851. The molecule has 1 N–H and O–H groups in total. The van der Waals surface area contributed by atoms with Crippen LogP contribution in [-0.2, 0) is 0 Å². The van der Waals surface area contributed by atoms with Crippen molar-refractivity contribution in [1.29, 1.82) is 0 Å². The van der Waals surface area contributed by atoms with Crippen LogP contribution in [0.2, 0.25) is 0 Å². The fraction of sp³-hybridized carbons (Fsp3) is 0.333. The van der Waals surface area contributed by atoms with Crippen LogP contribution in [0.3, 0.4) is 0 Å². The molecule has 0 aromatic heterocycles. The summed E-state index contributed by atoms with van der Waals surface area (Å²) in [6.07, 6.45) is 0. The lowest BCUT2D eigenvalue weighted by molar-refractivity contribution is 0.310. The summed E-state index contributed by atoms with van der Waals surface area (Å²) >= 11 is 0. The van der Waals surface area contributed by atoms with Crippen molar-refractivity contribution in [3.05, 3.63) is 23.5 Å². The summed E-state index contributed by atoms with van der Waals surface area (Å²) in [7, 11) is 0. The highest BCUT2D eigenvalue weighted by molar-refractivity contribution is 5.42. The van der Waals surface area contributed by atoms with Gasteiger partial charge < -0.3 is 9.84 Å². The van der Waals surface area contributed by atoms with Crippen molar-refractivity contribution in [1.82, 2.24) is 0 Å². The van der Waals surface area contributed by atoms with E-state index in [4.69, 9.17) is 9.84 Å². The van der Waals surface area contributed by atoms with Gasteiger partial charge in [0.1, 0.15) is 0 Å². The van der Waals surface area contributed by atoms with E-state index in [1.807, 2.05) is 0 Å². The molecule has 2 nitrogen and oxygen atoms in total. The van der Waals surface area contributed by atoms with Gasteiger partial charge in [-0.3, -0.25) is 0 Å². The average molecular weight is 170 g/mol. The summed E-state index contributed by atoms with van der Waals surface area (Å²) in [5, 5.41) is 9.15. The number of rotatable bonds is 2. The van der Waals surface area contributed by atoms with E-state index in [1.54, 1.807) is 19.9 Å². The standard InChI is InChI=1S/C9H11FO2/c1-3-12-8-5-6(2)4-7(10)9(8)11/h4-5,11H,3H2,1-2H3. The van der Waals surface area contributed by atoms with Gasteiger partial charge in [0.15, 0.2) is 17.3 Å². The fourth-order valence-corrected chi connectivity index (χ4v) is 0.968. The Hall–Kier alpha value is -1.25. The third kappa shape index (κ3) is 1.67. The molecule has 0 aliphatic rings. The van der Waals surface area contributed by atoms with E-state index < -0.39 is 11.6 Å². The highest BCUT2D eigenvalue weighted by Crippen LogP contribution is 2.29. The molecule has 0 atom stereocenters. The van der Waals surface area contributed by atoms with Gasteiger partial charge in [-0.05, 0) is 31.5 Å². The maximum Gasteiger partial charge on any atom is 0.194 e. The molecule has 0 fully saturated rings. The zero-order valence-electron chi connectivity index (χ0n) is 7.10. The molecule has 3 heteroatoms. The molecule has 0 aliphatic carbocycles. The molecule has 1 aromatic rings. The Kier molecular flexibility index (Phi) is 2.53. The molecule has 0 saturated heterocycles. The first-order chi connectivity index (χ1) is 5.65. The quantitative estimate of drug-likeness (QED) is 0.737. The molecule has 0 unspecified atom stereocenters. The van der Waals surface area contributed by atoms with Crippen molar-refractivity contribution < 1.29 is 14.2 Å². The van der Waals surface area contributed by atoms with E-state index in [2.05, 4.69) is 0 Å². The highest BCUT2D eigenvalue weighted by atomic mass is 19.1. The highest BCUT2D eigenvalue weighted by Gasteiger charge is 2.08. The van der Waals surface area contributed by atoms with Crippen molar-refractivity contribution in [2.24, 2.45) is 0 Å². The Morgan fingerprint density at radius 1 is 1.50 bits per heavy atom. The number of aryl methyl sites for hydroxylation is 1. The van der Waals surface area contributed by atoms with Crippen molar-refractivity contribution in [2.75, 3.05) is 6.61 Å². The Morgan fingerprint density at radius 2 is 2.17 bits per heavy atom. The third-order valence-electron chi connectivity index (χ3n) is 1.47. The van der Waals surface area contributed by atoms with Crippen LogP contribution >= 0.6 is 0 Å². The van der Waals surface area contributed by atoms with Crippen LogP contribution < -0.4 is 4.74 Å². The van der Waals surface area contributed by atoms with Gasteiger partial charge in [-0.1, -0.05) is 0 Å². The average Bonchev–Trinajstić information content (AvgIpc) is 2.00. The lowest BCUT2D eigenvalue weighted by Crippen LogP contribution is -1.93. The fourth-order valence-electron chi connectivity index (χ4n) is 0.968. The van der Waals surface area contributed by atoms with Gasteiger partial charge in [0.2, 0.25) is 0 Å². The van der Waals surface area contributed by atoms with Crippen molar-refractivity contribution in [3.63, 3.8) is 0 Å². The first-order valence-corrected chi connectivity index (χ1v) is 3.77. The number of aromatic hydroxyl groups is 1. The minimum absolute atomic E-state index is 0.204. The molecule has 66 valence electrons.